The van der Waals surface area contributed by atoms with E-state index in [0.717, 1.165) is 0 Å². The number of carboxylic acid groups (broad SMARTS) is 2. The van der Waals surface area contributed by atoms with Gasteiger partial charge in [0, 0.05) is 26.1 Å². The van der Waals surface area contributed by atoms with Crippen molar-refractivity contribution in [3.63, 3.8) is 0 Å². The summed E-state index contributed by atoms with van der Waals surface area (Å²) in [5.74, 6) is -3.65. The van der Waals surface area contributed by atoms with Gasteiger partial charge in [-0.05, 0) is 0 Å². The van der Waals surface area contributed by atoms with Gasteiger partial charge in [-0.25, -0.2) is 0 Å². The summed E-state index contributed by atoms with van der Waals surface area (Å²) in [6, 6.07) is 0. The molecule has 2 N–H and O–H groups in total. The normalized spacial score (nSPS) is 24.4. The number of methoxy groups -OCH3 is 2. The molecular formula is C20H32INaO18-2. The summed E-state index contributed by atoms with van der Waals surface area (Å²) in [5.41, 5.74) is 0. The van der Waals surface area contributed by atoms with Crippen LogP contribution >= 0.6 is 0 Å². The van der Waals surface area contributed by atoms with E-state index in [1.807, 2.05) is 0 Å². The van der Waals surface area contributed by atoms with Crippen LogP contribution in [0.2, 0.25) is 0 Å². The number of aliphatic hydroxyl groups is 2. The van der Waals surface area contributed by atoms with E-state index in [1.54, 1.807) is 13.8 Å². The second-order valence-electron chi connectivity index (χ2n) is 7.68. The van der Waals surface area contributed by atoms with Gasteiger partial charge in [0.1, 0.15) is 32.5 Å². The van der Waals surface area contributed by atoms with Crippen LogP contribution in [0.3, 0.4) is 0 Å². The first-order valence-electron chi connectivity index (χ1n) is 10.8. The molecule has 0 spiro atoms. The molecule has 0 bridgehead atoms. The average molecular weight is 710 g/mol. The zero-order valence-corrected chi connectivity index (χ0v) is 26.6. The van der Waals surface area contributed by atoms with Gasteiger partial charge in [0.05, 0.1) is 56.7 Å². The Balaban J connectivity index is -0.000000573. The molecule has 230 valence electrons. The minimum Gasteiger partial charge on any atom is -0.548 e. The molecule has 8 unspecified atom stereocenters. The third-order valence-electron chi connectivity index (χ3n) is 4.75. The maximum absolute atomic E-state index is 10.6. The van der Waals surface area contributed by atoms with E-state index in [0.29, 0.717) is 12.6 Å². The van der Waals surface area contributed by atoms with Crippen molar-refractivity contribution in [1.29, 1.82) is 0 Å². The summed E-state index contributed by atoms with van der Waals surface area (Å²) < 4.78 is 64.1. The van der Waals surface area contributed by atoms with E-state index >= 15 is 0 Å². The standard InChI is InChI=1S/C10H18O7.C10H16O7.IO4.Na/c1-5-6(3-16-4-7(11)12)17-10(15-2)9(14)8(5)13;1-7(3-11)8(5-16-6-9(13)14)17-10(4-12)15-2;2-1(3,4)5;/h5-6,8-10,13-14H,3-4H2,1-2H3,(H,11,12);3-4,7-8,10H,5-6H2,1-2H3,(H,13,14);;/q;;-1;+1/p-2. The van der Waals surface area contributed by atoms with Crippen LogP contribution in [0.1, 0.15) is 13.8 Å². The fourth-order valence-corrected chi connectivity index (χ4v) is 2.69. The Labute approximate surface area is 258 Å². The van der Waals surface area contributed by atoms with Crippen molar-refractivity contribution in [3.8, 4) is 0 Å². The molecular weight excluding hydrogens is 678 g/mol. The number of hydrogen-bond acceptors (Lipinski definition) is 18. The Morgan fingerprint density at radius 3 is 1.88 bits per heavy atom. The van der Waals surface area contributed by atoms with Gasteiger partial charge in [-0.15, -0.1) is 0 Å². The first-order chi connectivity index (χ1) is 18.0. The third-order valence-corrected chi connectivity index (χ3v) is 4.75. The number of carbonyl (C=O) groups is 4. The molecule has 0 amide bonds. The van der Waals surface area contributed by atoms with Crippen LogP contribution < -0.4 is 73.6 Å². The number of carbonyl (C=O) groups excluding carboxylic acids is 4. The van der Waals surface area contributed by atoms with Gasteiger partial charge in [-0.2, -0.15) is 0 Å². The van der Waals surface area contributed by atoms with Crippen LogP contribution in [0.15, 0.2) is 0 Å². The first-order valence-corrected chi connectivity index (χ1v) is 14.3. The quantitative estimate of drug-likeness (QED) is 0.0690. The Kier molecular flexibility index (Phi) is 26.4. The molecule has 40 heavy (non-hydrogen) atoms. The summed E-state index contributed by atoms with van der Waals surface area (Å²) in [4.78, 5) is 41.4. The number of ether oxygens (including phenoxy) is 6. The maximum Gasteiger partial charge on any atom is 1.00 e. The second kappa shape index (κ2) is 24.0. The largest absolute Gasteiger partial charge is 1.00 e. The topological polar surface area (TPSA) is 302 Å². The molecule has 0 aliphatic carbocycles. The van der Waals surface area contributed by atoms with Gasteiger partial charge < -0.3 is 63.2 Å². The number of aliphatic carboxylic acids is 2. The Morgan fingerprint density at radius 2 is 1.48 bits per heavy atom. The summed E-state index contributed by atoms with van der Waals surface area (Å²) in [5, 5.41) is 39.6. The molecule has 1 saturated heterocycles. The SMILES string of the molecule is COC(C=O)OC(COCC(=O)[O-])C(C)C=O.COC1OC(COCC(=O)[O-])C(C)C(O)C1O.[Na+].[O-][I+3]([O-])([O-])[O-]. The smallest absolute Gasteiger partial charge is 0.548 e. The van der Waals surface area contributed by atoms with Crippen LogP contribution in [0.4, 0.5) is 0 Å². The minimum atomic E-state index is -5.94. The monoisotopic (exact) mass is 710 g/mol. The predicted octanol–water partition coefficient (Wildman–Crippen LogP) is -15.1. The zero-order valence-electron chi connectivity index (χ0n) is 22.4. The summed E-state index contributed by atoms with van der Waals surface area (Å²) in [7, 11) is 2.61. The van der Waals surface area contributed by atoms with Gasteiger partial charge in [0.25, 0.3) is 0 Å². The average Bonchev–Trinajstić information content (AvgIpc) is 2.84. The Morgan fingerprint density at radius 1 is 0.975 bits per heavy atom. The molecule has 1 rings (SSSR count). The minimum absolute atomic E-state index is 0. The third kappa shape index (κ3) is 22.2. The molecule has 8 atom stereocenters. The zero-order chi connectivity index (χ0) is 30.8. The van der Waals surface area contributed by atoms with Crippen LogP contribution in [0.5, 0.6) is 0 Å². The number of aldehydes is 2. The summed E-state index contributed by atoms with van der Waals surface area (Å²) >= 11 is -5.94. The molecule has 0 aromatic carbocycles. The Hall–Kier alpha value is -0.470. The second-order valence-corrected chi connectivity index (χ2v) is 9.84. The van der Waals surface area contributed by atoms with E-state index in [9.17, 15) is 39.6 Å². The van der Waals surface area contributed by atoms with Gasteiger partial charge in [0.2, 0.25) is 6.29 Å². The molecule has 1 fully saturated rings. The van der Waals surface area contributed by atoms with Gasteiger partial charge in [-0.3, -0.25) is 18.5 Å². The van der Waals surface area contributed by atoms with Gasteiger partial charge in [0.15, 0.2) is 12.6 Å². The molecule has 1 heterocycles. The van der Waals surface area contributed by atoms with Gasteiger partial charge >= 0.3 is 29.6 Å². The van der Waals surface area contributed by atoms with E-state index in [-0.39, 0.29) is 42.8 Å². The molecule has 1 aliphatic rings. The van der Waals surface area contributed by atoms with E-state index < -0.39 is 94.1 Å². The van der Waals surface area contributed by atoms with Gasteiger partial charge in [-0.1, -0.05) is 13.8 Å². The molecule has 0 radical (unpaired) electrons. The fourth-order valence-electron chi connectivity index (χ4n) is 2.69. The number of aliphatic hydroxyl groups excluding tert-OH is 2. The molecule has 20 heteroatoms. The summed E-state index contributed by atoms with van der Waals surface area (Å²) in [6.07, 6.45) is -4.47. The molecule has 0 saturated carbocycles. The molecule has 0 aromatic heterocycles. The van der Waals surface area contributed by atoms with Crippen LogP contribution in [0.25, 0.3) is 0 Å². The van der Waals surface area contributed by atoms with Crippen LogP contribution in [-0.2, 0) is 47.6 Å². The maximum atomic E-state index is 10.6. The van der Waals surface area contributed by atoms with Crippen molar-refractivity contribution in [2.45, 2.75) is 50.8 Å². The molecule has 18 nitrogen and oxygen atoms in total. The predicted molar refractivity (Wildman–Crippen MR) is 105 cm³/mol. The fraction of sp³-hybridized carbons (Fsp3) is 0.800. The van der Waals surface area contributed by atoms with Crippen molar-refractivity contribution in [1.82, 2.24) is 0 Å². The van der Waals surface area contributed by atoms with Crippen molar-refractivity contribution in [2.75, 3.05) is 40.6 Å². The number of hydrogen-bond donors (Lipinski definition) is 2. The van der Waals surface area contributed by atoms with Crippen molar-refractivity contribution in [2.24, 2.45) is 11.8 Å². The van der Waals surface area contributed by atoms with Crippen LogP contribution in [0, 0.1) is 11.8 Å². The summed E-state index contributed by atoms with van der Waals surface area (Å²) in [6.45, 7) is 1.91. The first kappa shape index (κ1) is 44.0. The Bertz CT molecular complexity index is 701. The number of rotatable bonds is 15. The molecule has 0 aromatic rings. The molecule has 1 aliphatic heterocycles. The van der Waals surface area contributed by atoms with Crippen LogP contribution in [-0.4, -0.2) is 112 Å². The van der Waals surface area contributed by atoms with E-state index in [2.05, 4.69) is 4.74 Å². The van der Waals surface area contributed by atoms with E-state index in [1.165, 1.54) is 14.2 Å². The number of halogens is 1. The number of carboxylic acids is 2. The van der Waals surface area contributed by atoms with Crippen molar-refractivity contribution in [3.05, 3.63) is 0 Å². The van der Waals surface area contributed by atoms with E-state index in [4.69, 9.17) is 37.4 Å². The van der Waals surface area contributed by atoms with Crippen molar-refractivity contribution >= 4 is 24.5 Å². The van der Waals surface area contributed by atoms with Crippen molar-refractivity contribution < 1.29 is 131 Å².